The summed E-state index contributed by atoms with van der Waals surface area (Å²) < 4.78 is 10.9. The van der Waals surface area contributed by atoms with Gasteiger partial charge in [-0.2, -0.15) is 0 Å². The maximum absolute atomic E-state index is 13.1. The van der Waals surface area contributed by atoms with E-state index < -0.39 is 28.7 Å². The van der Waals surface area contributed by atoms with Crippen LogP contribution in [0.3, 0.4) is 0 Å². The van der Waals surface area contributed by atoms with Gasteiger partial charge in [0.25, 0.3) is 0 Å². The molecule has 0 saturated heterocycles. The van der Waals surface area contributed by atoms with Crippen molar-refractivity contribution < 1.29 is 19.0 Å². The van der Waals surface area contributed by atoms with E-state index in [9.17, 15) is 19.8 Å². The molecule has 5 aromatic rings. The molecule has 0 bridgehead atoms. The third-order valence-electron chi connectivity index (χ3n) is 5.46. The molecule has 164 valence electrons. The second-order valence-electron chi connectivity index (χ2n) is 7.43. The summed E-state index contributed by atoms with van der Waals surface area (Å²) in [6.45, 7) is 0. The Hall–Kier alpha value is -3.74. The maximum Gasteiger partial charge on any atom is 0.344 e. The molecule has 0 saturated carbocycles. The van der Waals surface area contributed by atoms with Crippen LogP contribution in [0.4, 0.5) is 0 Å². The molecule has 0 aliphatic heterocycles. The van der Waals surface area contributed by atoms with Crippen molar-refractivity contribution in [3.05, 3.63) is 114 Å². The summed E-state index contributed by atoms with van der Waals surface area (Å²) in [6.07, 6.45) is 0. The SMILES string of the molecule is O=c1oc2ccc(Cl)cc2c(O)c1C(c1ccccc1)c1c(O)c2cc(Cl)ccc2oc1=O. The second-order valence-corrected chi connectivity index (χ2v) is 8.30. The minimum absolute atomic E-state index is 0.124. The molecule has 0 aliphatic rings. The van der Waals surface area contributed by atoms with Crippen LogP contribution in [0.5, 0.6) is 11.5 Å². The lowest BCUT2D eigenvalue weighted by Gasteiger charge is -2.19. The molecule has 3 aromatic carbocycles. The van der Waals surface area contributed by atoms with E-state index in [0.717, 1.165) is 0 Å². The average molecular weight is 481 g/mol. The van der Waals surface area contributed by atoms with E-state index in [1.807, 2.05) is 0 Å². The highest BCUT2D eigenvalue weighted by Gasteiger charge is 2.32. The van der Waals surface area contributed by atoms with Crippen molar-refractivity contribution in [2.45, 2.75) is 5.92 Å². The van der Waals surface area contributed by atoms with E-state index in [1.165, 1.54) is 36.4 Å². The van der Waals surface area contributed by atoms with Crippen molar-refractivity contribution >= 4 is 45.1 Å². The Labute approximate surface area is 195 Å². The molecule has 0 amide bonds. The lowest BCUT2D eigenvalue weighted by molar-refractivity contribution is 0.441. The van der Waals surface area contributed by atoms with Crippen molar-refractivity contribution in [1.82, 2.24) is 0 Å². The highest BCUT2D eigenvalue weighted by atomic mass is 35.5. The first-order chi connectivity index (χ1) is 15.8. The molecular formula is C25H14Cl2O6. The number of benzene rings is 3. The quantitative estimate of drug-likeness (QED) is 0.316. The van der Waals surface area contributed by atoms with Gasteiger partial charge < -0.3 is 19.0 Å². The van der Waals surface area contributed by atoms with Gasteiger partial charge in [0.15, 0.2) is 0 Å². The highest BCUT2D eigenvalue weighted by Crippen LogP contribution is 2.42. The molecule has 0 aliphatic carbocycles. The molecule has 2 heterocycles. The van der Waals surface area contributed by atoms with Crippen molar-refractivity contribution in [3.8, 4) is 11.5 Å². The summed E-state index contributed by atoms with van der Waals surface area (Å²) in [5.74, 6) is -2.03. The third kappa shape index (κ3) is 3.53. The Balaban J connectivity index is 1.91. The number of aromatic hydroxyl groups is 2. The van der Waals surface area contributed by atoms with E-state index >= 15 is 0 Å². The first kappa shape index (κ1) is 21.1. The van der Waals surface area contributed by atoms with E-state index in [4.69, 9.17) is 32.0 Å². The predicted molar refractivity (Wildman–Crippen MR) is 126 cm³/mol. The Morgan fingerprint density at radius 1 is 0.667 bits per heavy atom. The molecule has 5 rings (SSSR count). The monoisotopic (exact) mass is 480 g/mol. The number of fused-ring (bicyclic) bond motifs is 2. The zero-order valence-corrected chi connectivity index (χ0v) is 18.2. The van der Waals surface area contributed by atoms with Crippen LogP contribution in [-0.2, 0) is 0 Å². The maximum atomic E-state index is 13.1. The summed E-state index contributed by atoms with van der Waals surface area (Å²) in [4.78, 5) is 26.1. The topological polar surface area (TPSA) is 101 Å². The van der Waals surface area contributed by atoms with Crippen molar-refractivity contribution in [2.24, 2.45) is 0 Å². The van der Waals surface area contributed by atoms with Crippen LogP contribution in [0, 0.1) is 0 Å². The van der Waals surface area contributed by atoms with Crippen LogP contribution in [0.1, 0.15) is 22.6 Å². The standard InChI is InChI=1S/C25H14Cl2O6/c26-13-6-8-17-15(10-13)22(28)20(24(30)32-17)19(12-4-2-1-3-5-12)21-23(29)16-11-14(27)7-9-18(16)33-25(21)31/h1-11,19,28-29H. The molecule has 0 fully saturated rings. The fourth-order valence-electron chi connectivity index (χ4n) is 3.98. The average Bonchev–Trinajstić information content (AvgIpc) is 2.80. The Kier molecular flexibility index (Phi) is 5.12. The van der Waals surface area contributed by atoms with Crippen LogP contribution < -0.4 is 11.3 Å². The molecule has 2 aromatic heterocycles. The molecule has 0 atom stereocenters. The Morgan fingerprint density at radius 2 is 1.12 bits per heavy atom. The summed E-state index contributed by atoms with van der Waals surface area (Å²) in [5, 5.41) is 23.3. The van der Waals surface area contributed by atoms with Crippen molar-refractivity contribution in [2.75, 3.05) is 0 Å². The third-order valence-corrected chi connectivity index (χ3v) is 5.93. The fourth-order valence-corrected chi connectivity index (χ4v) is 4.32. The van der Waals surface area contributed by atoms with E-state index in [-0.39, 0.29) is 33.1 Å². The van der Waals surface area contributed by atoms with Gasteiger partial charge in [0.2, 0.25) is 0 Å². The van der Waals surface area contributed by atoms with Crippen LogP contribution in [0.25, 0.3) is 21.9 Å². The number of rotatable bonds is 3. The molecular weight excluding hydrogens is 467 g/mol. The molecule has 0 unspecified atom stereocenters. The van der Waals surface area contributed by atoms with Gasteiger partial charge >= 0.3 is 11.3 Å². The summed E-state index contributed by atoms with van der Waals surface area (Å²) in [5.41, 5.74) is -1.52. The predicted octanol–water partition coefficient (Wildman–Crippen LogP) is 5.80. The van der Waals surface area contributed by atoms with Gasteiger partial charge in [-0.1, -0.05) is 53.5 Å². The summed E-state index contributed by atoms with van der Waals surface area (Å²) in [6, 6.07) is 17.3. The molecule has 33 heavy (non-hydrogen) atoms. The van der Waals surface area contributed by atoms with Gasteiger partial charge in [0, 0.05) is 10.0 Å². The van der Waals surface area contributed by atoms with Crippen molar-refractivity contribution in [1.29, 1.82) is 0 Å². The zero-order chi connectivity index (χ0) is 23.3. The highest BCUT2D eigenvalue weighted by molar-refractivity contribution is 6.31. The van der Waals surface area contributed by atoms with Crippen LogP contribution >= 0.6 is 23.2 Å². The first-order valence-corrected chi connectivity index (χ1v) is 10.6. The van der Waals surface area contributed by atoms with E-state index in [2.05, 4.69) is 0 Å². The van der Waals surface area contributed by atoms with Gasteiger partial charge in [0.1, 0.15) is 22.7 Å². The zero-order valence-electron chi connectivity index (χ0n) is 16.7. The lowest BCUT2D eigenvalue weighted by atomic mass is 9.84. The van der Waals surface area contributed by atoms with Gasteiger partial charge in [0.05, 0.1) is 27.8 Å². The normalized spacial score (nSPS) is 11.5. The molecule has 2 N–H and O–H groups in total. The number of hydrogen-bond donors (Lipinski definition) is 2. The van der Waals surface area contributed by atoms with E-state index in [1.54, 1.807) is 30.3 Å². The minimum atomic E-state index is -1.20. The first-order valence-electron chi connectivity index (χ1n) is 9.80. The Bertz CT molecular complexity index is 1550. The smallest absolute Gasteiger partial charge is 0.344 e. The molecule has 6 nitrogen and oxygen atoms in total. The number of hydrogen-bond acceptors (Lipinski definition) is 6. The number of halogens is 2. The minimum Gasteiger partial charge on any atom is -0.507 e. The summed E-state index contributed by atoms with van der Waals surface area (Å²) in [7, 11) is 0. The lowest BCUT2D eigenvalue weighted by Crippen LogP contribution is -2.21. The van der Waals surface area contributed by atoms with Crippen LogP contribution in [-0.4, -0.2) is 10.2 Å². The molecule has 0 radical (unpaired) electrons. The fraction of sp³-hybridized carbons (Fsp3) is 0.0400. The van der Waals surface area contributed by atoms with Gasteiger partial charge in [-0.05, 0) is 42.0 Å². The summed E-state index contributed by atoms with van der Waals surface area (Å²) >= 11 is 12.2. The molecule has 0 spiro atoms. The van der Waals surface area contributed by atoms with Crippen molar-refractivity contribution in [3.63, 3.8) is 0 Å². The van der Waals surface area contributed by atoms with Gasteiger partial charge in [-0.15, -0.1) is 0 Å². The van der Waals surface area contributed by atoms with Crippen LogP contribution in [0.2, 0.25) is 10.0 Å². The Morgan fingerprint density at radius 3 is 1.58 bits per heavy atom. The van der Waals surface area contributed by atoms with Crippen LogP contribution in [0.15, 0.2) is 85.2 Å². The molecule has 8 heteroatoms. The largest absolute Gasteiger partial charge is 0.507 e. The second kappa shape index (κ2) is 7.99. The van der Waals surface area contributed by atoms with E-state index in [0.29, 0.717) is 15.6 Å². The van der Waals surface area contributed by atoms with Gasteiger partial charge in [-0.3, -0.25) is 0 Å². The van der Waals surface area contributed by atoms with Gasteiger partial charge in [-0.25, -0.2) is 9.59 Å².